The Kier molecular flexibility index (Phi) is 20.1. The van der Waals surface area contributed by atoms with E-state index in [1.165, 1.54) is 12.2 Å². The van der Waals surface area contributed by atoms with E-state index in [-0.39, 0.29) is 47.9 Å². The molecule has 2 aliphatic carbocycles. The second kappa shape index (κ2) is 24.6. The molecule has 2 saturated carbocycles. The van der Waals surface area contributed by atoms with Crippen molar-refractivity contribution in [3.63, 3.8) is 0 Å². The minimum absolute atomic E-state index is 0.0743. The maximum absolute atomic E-state index is 12.8. The zero-order valence-electron chi connectivity index (χ0n) is 29.8. The molecule has 0 unspecified atom stereocenters. The molecule has 0 aromatic heterocycles. The zero-order chi connectivity index (χ0) is 35.8. The van der Waals surface area contributed by atoms with Crippen molar-refractivity contribution in [1.29, 1.82) is 0 Å². The molecule has 3 rings (SSSR count). The van der Waals surface area contributed by atoms with Crippen LogP contribution in [0.3, 0.4) is 0 Å². The van der Waals surface area contributed by atoms with Crippen LogP contribution in [-0.2, 0) is 49.3 Å². The van der Waals surface area contributed by atoms with E-state index in [0.29, 0.717) is 45.2 Å². The molecule has 2 aliphatic rings. The van der Waals surface area contributed by atoms with Gasteiger partial charge >= 0.3 is 23.9 Å². The van der Waals surface area contributed by atoms with Crippen LogP contribution in [0.5, 0.6) is 5.75 Å². The maximum Gasteiger partial charge on any atom is 0.330 e. The summed E-state index contributed by atoms with van der Waals surface area (Å²) in [5, 5.41) is 0. The second-order valence-electron chi connectivity index (χ2n) is 13.2. The molecule has 0 radical (unpaired) electrons. The predicted octanol–water partition coefficient (Wildman–Crippen LogP) is 7.41. The van der Waals surface area contributed by atoms with Crippen LogP contribution in [0.15, 0.2) is 49.6 Å². The normalized spacial score (nSPS) is 20.3. The molecule has 0 aliphatic heterocycles. The smallest absolute Gasteiger partial charge is 0.330 e. The fourth-order valence-electron chi connectivity index (χ4n) is 6.32. The maximum atomic E-state index is 12.8. The Morgan fingerprint density at radius 2 is 0.980 bits per heavy atom. The van der Waals surface area contributed by atoms with Gasteiger partial charge < -0.3 is 28.4 Å². The Bertz CT molecular complexity index is 1160. The quantitative estimate of drug-likeness (QED) is 0.0355. The van der Waals surface area contributed by atoms with Gasteiger partial charge in [0, 0.05) is 31.8 Å². The van der Waals surface area contributed by atoms with Crippen molar-refractivity contribution in [2.75, 3.05) is 33.0 Å². The Balaban J connectivity index is 1.18. The Morgan fingerprint density at radius 3 is 1.44 bits per heavy atom. The van der Waals surface area contributed by atoms with Gasteiger partial charge in [-0.05, 0) is 108 Å². The number of rotatable bonds is 24. The highest BCUT2D eigenvalue weighted by atomic mass is 16.5. The molecule has 10 nitrogen and oxygen atoms in total. The number of hydrogen-bond donors (Lipinski definition) is 0. The first-order chi connectivity index (χ1) is 24.4. The van der Waals surface area contributed by atoms with E-state index in [9.17, 15) is 19.2 Å². The first-order valence-electron chi connectivity index (χ1n) is 18.7. The molecule has 50 heavy (non-hydrogen) atoms. The van der Waals surface area contributed by atoms with Gasteiger partial charge in [0.15, 0.2) is 0 Å². The lowest BCUT2D eigenvalue weighted by molar-refractivity contribution is -0.150. The third kappa shape index (κ3) is 16.9. The highest BCUT2D eigenvalue weighted by Gasteiger charge is 2.29. The van der Waals surface area contributed by atoms with E-state index < -0.39 is 0 Å². The SMILES string of the molecule is C=CC(=O)OCCCCCCOC1CCC(C(=O)OCCc2ccc(OC(=O)C3CCC(OCCCCCCOC(=O)C=C)CC3)cc2)CC1. The number of ether oxygens (including phenoxy) is 6. The number of unbranched alkanes of at least 4 members (excludes halogenated alkanes) is 6. The summed E-state index contributed by atoms with van der Waals surface area (Å²) in [5.41, 5.74) is 1.02. The molecule has 0 bridgehead atoms. The number of carbonyl (C=O) groups is 4. The van der Waals surface area contributed by atoms with Crippen molar-refractivity contribution in [2.24, 2.45) is 11.8 Å². The average Bonchev–Trinajstić information content (AvgIpc) is 3.14. The minimum Gasteiger partial charge on any atom is -0.465 e. The van der Waals surface area contributed by atoms with Crippen molar-refractivity contribution in [2.45, 2.75) is 121 Å². The van der Waals surface area contributed by atoms with Gasteiger partial charge in [-0.15, -0.1) is 0 Å². The van der Waals surface area contributed by atoms with Gasteiger partial charge in [-0.3, -0.25) is 9.59 Å². The van der Waals surface area contributed by atoms with E-state index in [4.69, 9.17) is 28.4 Å². The van der Waals surface area contributed by atoms with Crippen LogP contribution in [0.2, 0.25) is 0 Å². The van der Waals surface area contributed by atoms with Gasteiger partial charge in [-0.25, -0.2) is 9.59 Å². The fourth-order valence-corrected chi connectivity index (χ4v) is 6.32. The van der Waals surface area contributed by atoms with Gasteiger partial charge in [0.05, 0.1) is 43.9 Å². The summed E-state index contributed by atoms with van der Waals surface area (Å²) in [7, 11) is 0. The first-order valence-corrected chi connectivity index (χ1v) is 18.7. The molecular formula is C40H58O10. The van der Waals surface area contributed by atoms with E-state index in [0.717, 1.165) is 108 Å². The summed E-state index contributed by atoms with van der Waals surface area (Å²) in [6, 6.07) is 7.43. The van der Waals surface area contributed by atoms with E-state index >= 15 is 0 Å². The molecule has 0 N–H and O–H groups in total. The molecule has 0 saturated heterocycles. The standard InChI is InChI=1S/C40H58O10/c1-3-37(41)47-28-11-7-5-9-26-45-34-21-15-32(16-22-34)39(43)49-30-25-31-13-19-36(20-14-31)50-40(44)33-17-23-35(24-18-33)46-27-10-6-8-12-29-48-38(42)4-2/h3-4,13-14,19-20,32-35H,1-2,5-12,15-18,21-30H2. The molecule has 2 fully saturated rings. The summed E-state index contributed by atoms with van der Waals surface area (Å²) >= 11 is 0. The minimum atomic E-state index is -0.377. The molecule has 0 atom stereocenters. The Morgan fingerprint density at radius 1 is 0.540 bits per heavy atom. The van der Waals surface area contributed by atoms with Crippen molar-refractivity contribution < 1.29 is 47.6 Å². The molecular weight excluding hydrogens is 640 g/mol. The van der Waals surface area contributed by atoms with Gasteiger partial charge in [0.1, 0.15) is 5.75 Å². The topological polar surface area (TPSA) is 124 Å². The lowest BCUT2D eigenvalue weighted by Crippen LogP contribution is -2.29. The van der Waals surface area contributed by atoms with Crippen LogP contribution in [0.4, 0.5) is 0 Å². The van der Waals surface area contributed by atoms with E-state index in [1.807, 2.05) is 12.1 Å². The summed E-state index contributed by atoms with van der Waals surface area (Å²) in [5.74, 6) is -0.742. The summed E-state index contributed by atoms with van der Waals surface area (Å²) < 4.78 is 33.3. The van der Waals surface area contributed by atoms with Crippen LogP contribution in [0.25, 0.3) is 0 Å². The molecule has 10 heteroatoms. The largest absolute Gasteiger partial charge is 0.465 e. The fraction of sp³-hybridized carbons (Fsp3) is 0.650. The highest BCUT2D eigenvalue weighted by Crippen LogP contribution is 2.29. The van der Waals surface area contributed by atoms with Gasteiger partial charge in [0.2, 0.25) is 0 Å². The highest BCUT2D eigenvalue weighted by molar-refractivity contribution is 5.81. The van der Waals surface area contributed by atoms with Gasteiger partial charge in [-0.2, -0.15) is 0 Å². The van der Waals surface area contributed by atoms with E-state index in [1.54, 1.807) is 12.1 Å². The van der Waals surface area contributed by atoms with Crippen molar-refractivity contribution in [3.8, 4) is 5.75 Å². The lowest BCUT2D eigenvalue weighted by Gasteiger charge is -2.27. The second-order valence-corrected chi connectivity index (χ2v) is 13.2. The Labute approximate surface area is 298 Å². The number of esters is 4. The molecule has 0 spiro atoms. The molecule has 1 aromatic carbocycles. The van der Waals surface area contributed by atoms with Crippen LogP contribution < -0.4 is 4.74 Å². The third-order valence-corrected chi connectivity index (χ3v) is 9.40. The van der Waals surface area contributed by atoms with Crippen LogP contribution >= 0.6 is 0 Å². The summed E-state index contributed by atoms with van der Waals surface area (Å²) in [6.07, 6.45) is 17.5. The van der Waals surface area contributed by atoms with Crippen LogP contribution in [-0.4, -0.2) is 69.1 Å². The van der Waals surface area contributed by atoms with Crippen LogP contribution in [0, 0.1) is 11.8 Å². The zero-order valence-corrected chi connectivity index (χ0v) is 29.8. The molecule has 0 heterocycles. The number of hydrogen-bond acceptors (Lipinski definition) is 10. The van der Waals surface area contributed by atoms with Crippen molar-refractivity contribution >= 4 is 23.9 Å². The van der Waals surface area contributed by atoms with Crippen molar-refractivity contribution in [3.05, 3.63) is 55.1 Å². The number of carbonyl (C=O) groups excluding carboxylic acids is 4. The average molecular weight is 699 g/mol. The Hall–Kier alpha value is -3.50. The summed E-state index contributed by atoms with van der Waals surface area (Å²) in [6.45, 7) is 9.36. The van der Waals surface area contributed by atoms with E-state index in [2.05, 4.69) is 13.2 Å². The molecule has 0 amide bonds. The summed E-state index contributed by atoms with van der Waals surface area (Å²) in [4.78, 5) is 47.5. The van der Waals surface area contributed by atoms with Crippen LogP contribution in [0.1, 0.15) is 108 Å². The third-order valence-electron chi connectivity index (χ3n) is 9.40. The van der Waals surface area contributed by atoms with Gasteiger partial charge in [-0.1, -0.05) is 38.1 Å². The first kappa shape index (κ1) is 40.9. The molecule has 278 valence electrons. The number of benzene rings is 1. The lowest BCUT2D eigenvalue weighted by atomic mass is 9.87. The molecule has 1 aromatic rings. The van der Waals surface area contributed by atoms with Gasteiger partial charge in [0.25, 0.3) is 0 Å². The predicted molar refractivity (Wildman–Crippen MR) is 189 cm³/mol. The van der Waals surface area contributed by atoms with Crippen molar-refractivity contribution in [1.82, 2.24) is 0 Å². The monoisotopic (exact) mass is 698 g/mol.